The van der Waals surface area contributed by atoms with Crippen LogP contribution in [0.1, 0.15) is 85.0 Å². The summed E-state index contributed by atoms with van der Waals surface area (Å²) in [5.74, 6) is -0.612. The third kappa shape index (κ3) is 8.09. The molecule has 0 bridgehead atoms. The van der Waals surface area contributed by atoms with Crippen LogP contribution in [0.15, 0.2) is 12.2 Å². The van der Waals surface area contributed by atoms with Crippen molar-refractivity contribution in [3.8, 4) is 0 Å². The molecule has 2 atom stereocenters. The molecule has 138 valence electrons. The fraction of sp³-hybridized carbons (Fsp3) is 0.800. The average Bonchev–Trinajstić information content (AvgIpc) is 3.29. The molecule has 0 aromatic heterocycles. The van der Waals surface area contributed by atoms with Crippen molar-refractivity contribution in [2.75, 3.05) is 0 Å². The molecule has 1 aliphatic heterocycles. The lowest BCUT2D eigenvalue weighted by Gasteiger charge is -2.18. The highest BCUT2D eigenvalue weighted by Gasteiger charge is 2.42. The topological polar surface area (TPSA) is 66.9 Å². The van der Waals surface area contributed by atoms with Gasteiger partial charge in [0.2, 0.25) is 0 Å². The number of hydrogen-bond acceptors (Lipinski definition) is 3. The SMILES string of the molecule is CCCCCC1OC1C(=O)/C=C\CCCCCCC(C)(C)C(=O)O. The van der Waals surface area contributed by atoms with E-state index in [2.05, 4.69) is 6.92 Å². The number of carbonyl (C=O) groups excluding carboxylic acids is 1. The van der Waals surface area contributed by atoms with Crippen LogP contribution in [-0.2, 0) is 14.3 Å². The normalized spacial score (nSPS) is 20.5. The first-order valence-electron chi connectivity index (χ1n) is 9.47. The molecule has 1 aliphatic rings. The van der Waals surface area contributed by atoms with Crippen LogP contribution >= 0.6 is 0 Å². The predicted octanol–water partition coefficient (Wildman–Crippen LogP) is 4.91. The van der Waals surface area contributed by atoms with E-state index in [0.29, 0.717) is 0 Å². The number of hydrogen-bond donors (Lipinski definition) is 1. The van der Waals surface area contributed by atoms with Crippen LogP contribution in [-0.4, -0.2) is 29.1 Å². The maximum absolute atomic E-state index is 11.9. The highest BCUT2D eigenvalue weighted by atomic mass is 16.6. The summed E-state index contributed by atoms with van der Waals surface area (Å²) < 4.78 is 5.44. The minimum Gasteiger partial charge on any atom is -0.481 e. The lowest BCUT2D eigenvalue weighted by atomic mass is 9.87. The molecule has 0 aromatic carbocycles. The van der Waals surface area contributed by atoms with E-state index in [0.717, 1.165) is 51.4 Å². The molecule has 0 aliphatic carbocycles. The summed E-state index contributed by atoms with van der Waals surface area (Å²) in [5, 5.41) is 9.04. The summed E-state index contributed by atoms with van der Waals surface area (Å²) in [4.78, 5) is 22.9. The molecular formula is C20H34O4. The quantitative estimate of drug-likeness (QED) is 0.277. The Kier molecular flexibility index (Phi) is 9.27. The van der Waals surface area contributed by atoms with Crippen LogP contribution in [0, 0.1) is 5.41 Å². The third-order valence-corrected chi connectivity index (χ3v) is 4.74. The van der Waals surface area contributed by atoms with Gasteiger partial charge in [-0.15, -0.1) is 0 Å². The Labute approximate surface area is 146 Å². The molecule has 4 nitrogen and oxygen atoms in total. The molecule has 0 spiro atoms. The van der Waals surface area contributed by atoms with E-state index in [-0.39, 0.29) is 18.0 Å². The lowest BCUT2D eigenvalue weighted by Crippen LogP contribution is -2.23. The second-order valence-corrected chi connectivity index (χ2v) is 7.54. The third-order valence-electron chi connectivity index (χ3n) is 4.74. The number of ether oxygens (including phenoxy) is 1. The van der Waals surface area contributed by atoms with E-state index in [9.17, 15) is 9.59 Å². The molecule has 4 heteroatoms. The van der Waals surface area contributed by atoms with Gasteiger partial charge in [0.25, 0.3) is 0 Å². The predicted molar refractivity (Wildman–Crippen MR) is 96.1 cm³/mol. The standard InChI is InChI=1S/C20H34O4/c1-4-5-10-14-17-18(24-17)16(21)13-11-8-6-7-9-12-15-20(2,3)19(22)23/h11,13,17-18H,4-10,12,14-15H2,1-3H3,(H,22,23)/b13-11-. The monoisotopic (exact) mass is 338 g/mol. The van der Waals surface area contributed by atoms with Crippen molar-refractivity contribution in [1.29, 1.82) is 0 Å². The van der Waals surface area contributed by atoms with Crippen molar-refractivity contribution in [2.45, 2.75) is 97.2 Å². The van der Waals surface area contributed by atoms with Gasteiger partial charge in [-0.05, 0) is 45.6 Å². The van der Waals surface area contributed by atoms with E-state index >= 15 is 0 Å². The van der Waals surface area contributed by atoms with Gasteiger partial charge in [0.1, 0.15) is 6.10 Å². The molecule has 1 heterocycles. The maximum atomic E-state index is 11.9. The molecule has 0 saturated carbocycles. The molecule has 1 saturated heterocycles. The Morgan fingerprint density at radius 2 is 1.79 bits per heavy atom. The smallest absolute Gasteiger partial charge is 0.309 e. The van der Waals surface area contributed by atoms with Crippen LogP contribution in [0.4, 0.5) is 0 Å². The van der Waals surface area contributed by atoms with E-state index < -0.39 is 11.4 Å². The fourth-order valence-corrected chi connectivity index (χ4v) is 2.79. The number of unbranched alkanes of at least 4 members (excludes halogenated alkanes) is 6. The van der Waals surface area contributed by atoms with Gasteiger partial charge in [0.15, 0.2) is 5.78 Å². The molecule has 0 amide bonds. The minimum atomic E-state index is -0.723. The maximum Gasteiger partial charge on any atom is 0.309 e. The van der Waals surface area contributed by atoms with Crippen LogP contribution in [0.2, 0.25) is 0 Å². The number of carboxylic acid groups (broad SMARTS) is 1. The summed E-state index contributed by atoms with van der Waals surface area (Å²) in [6.07, 6.45) is 13.9. The Morgan fingerprint density at radius 1 is 1.08 bits per heavy atom. The highest BCUT2D eigenvalue weighted by molar-refractivity contribution is 5.95. The zero-order chi connectivity index (χ0) is 18.0. The summed E-state index contributed by atoms with van der Waals surface area (Å²) >= 11 is 0. The van der Waals surface area contributed by atoms with Gasteiger partial charge in [-0.1, -0.05) is 51.5 Å². The van der Waals surface area contributed by atoms with Crippen LogP contribution < -0.4 is 0 Å². The van der Waals surface area contributed by atoms with Crippen molar-refractivity contribution in [1.82, 2.24) is 0 Å². The fourth-order valence-electron chi connectivity index (χ4n) is 2.79. The van der Waals surface area contributed by atoms with Crippen molar-refractivity contribution in [3.63, 3.8) is 0 Å². The summed E-state index contributed by atoms with van der Waals surface area (Å²) in [6.45, 7) is 5.73. The number of allylic oxidation sites excluding steroid dienone is 1. The number of ketones is 1. The first-order valence-corrected chi connectivity index (χ1v) is 9.47. The van der Waals surface area contributed by atoms with E-state index in [1.54, 1.807) is 19.9 Å². The van der Waals surface area contributed by atoms with Crippen LogP contribution in [0.5, 0.6) is 0 Å². The number of carbonyl (C=O) groups is 2. The number of aliphatic carboxylic acids is 1. The number of epoxide rings is 1. The lowest BCUT2D eigenvalue weighted by molar-refractivity contribution is -0.147. The van der Waals surface area contributed by atoms with Crippen molar-refractivity contribution in [2.24, 2.45) is 5.41 Å². The largest absolute Gasteiger partial charge is 0.481 e. The molecule has 0 aromatic rings. The Balaban J connectivity index is 2.00. The van der Waals surface area contributed by atoms with Crippen molar-refractivity contribution in [3.05, 3.63) is 12.2 Å². The zero-order valence-electron chi connectivity index (χ0n) is 15.6. The van der Waals surface area contributed by atoms with Gasteiger partial charge in [0, 0.05) is 0 Å². The molecular weight excluding hydrogens is 304 g/mol. The second kappa shape index (κ2) is 10.7. The van der Waals surface area contributed by atoms with E-state index in [1.165, 1.54) is 12.8 Å². The first-order chi connectivity index (χ1) is 11.4. The molecule has 1 fully saturated rings. The minimum absolute atomic E-state index is 0.111. The Morgan fingerprint density at radius 3 is 2.46 bits per heavy atom. The molecule has 24 heavy (non-hydrogen) atoms. The van der Waals surface area contributed by atoms with Gasteiger partial charge >= 0.3 is 5.97 Å². The molecule has 1 N–H and O–H groups in total. The van der Waals surface area contributed by atoms with Gasteiger partial charge in [-0.3, -0.25) is 9.59 Å². The van der Waals surface area contributed by atoms with E-state index in [1.807, 2.05) is 6.08 Å². The van der Waals surface area contributed by atoms with Crippen molar-refractivity contribution >= 4 is 11.8 Å². The zero-order valence-corrected chi connectivity index (χ0v) is 15.6. The van der Waals surface area contributed by atoms with Gasteiger partial charge in [-0.2, -0.15) is 0 Å². The summed E-state index contributed by atoms with van der Waals surface area (Å²) in [5.41, 5.74) is -0.621. The van der Waals surface area contributed by atoms with E-state index in [4.69, 9.17) is 9.84 Å². The van der Waals surface area contributed by atoms with Crippen molar-refractivity contribution < 1.29 is 19.4 Å². The Bertz CT molecular complexity index is 425. The molecule has 0 radical (unpaired) electrons. The summed E-state index contributed by atoms with van der Waals surface area (Å²) in [6, 6.07) is 0. The Hall–Kier alpha value is -1.16. The molecule has 1 rings (SSSR count). The number of carboxylic acids is 1. The van der Waals surface area contributed by atoms with Gasteiger partial charge in [-0.25, -0.2) is 0 Å². The number of rotatable bonds is 14. The first kappa shape index (κ1) is 20.9. The summed E-state index contributed by atoms with van der Waals surface area (Å²) in [7, 11) is 0. The van der Waals surface area contributed by atoms with Crippen LogP contribution in [0.25, 0.3) is 0 Å². The molecule has 2 unspecified atom stereocenters. The highest BCUT2D eigenvalue weighted by Crippen LogP contribution is 2.28. The second-order valence-electron chi connectivity index (χ2n) is 7.54. The van der Waals surface area contributed by atoms with Gasteiger partial charge < -0.3 is 9.84 Å². The van der Waals surface area contributed by atoms with Gasteiger partial charge in [0.05, 0.1) is 11.5 Å². The van der Waals surface area contributed by atoms with Crippen LogP contribution in [0.3, 0.4) is 0 Å². The average molecular weight is 338 g/mol.